The number of aromatic nitrogens is 1. The Morgan fingerprint density at radius 2 is 1.68 bits per heavy atom. The zero-order valence-electron chi connectivity index (χ0n) is 21.1. The molecule has 180 valence electrons. The van der Waals surface area contributed by atoms with Crippen LogP contribution >= 0.6 is 11.9 Å². The highest BCUT2D eigenvalue weighted by Crippen LogP contribution is 2.49. The number of benzene rings is 2. The fourth-order valence-electron chi connectivity index (χ4n) is 4.36. The summed E-state index contributed by atoms with van der Waals surface area (Å²) in [5.74, 6) is -0.808. The van der Waals surface area contributed by atoms with Crippen molar-refractivity contribution in [2.45, 2.75) is 60.1 Å². The van der Waals surface area contributed by atoms with Gasteiger partial charge in [-0.05, 0) is 86.6 Å². The van der Waals surface area contributed by atoms with Crippen LogP contribution in [0, 0.1) is 20.8 Å². The summed E-state index contributed by atoms with van der Waals surface area (Å²) >= 11 is 1.66. The van der Waals surface area contributed by atoms with Crippen LogP contribution in [0.4, 0.5) is 5.69 Å². The van der Waals surface area contributed by atoms with E-state index in [9.17, 15) is 9.90 Å². The lowest BCUT2D eigenvalue weighted by molar-refractivity contribution is -0.136. The molecule has 0 atom stereocenters. The first-order chi connectivity index (χ1) is 15.9. The molecule has 2 aromatic carbocycles. The van der Waals surface area contributed by atoms with Gasteiger partial charge in [0.2, 0.25) is 0 Å². The van der Waals surface area contributed by atoms with E-state index in [0.29, 0.717) is 0 Å². The van der Waals surface area contributed by atoms with E-state index in [1.54, 1.807) is 32.7 Å². The zero-order valence-corrected chi connectivity index (χ0v) is 21.9. The average Bonchev–Trinajstić information content (AvgIpc) is 2.75. The van der Waals surface area contributed by atoms with E-state index in [-0.39, 0.29) is 6.42 Å². The molecule has 0 amide bonds. The Morgan fingerprint density at radius 3 is 2.24 bits per heavy atom. The number of aliphatic carboxylic acids is 1. The van der Waals surface area contributed by atoms with Gasteiger partial charge in [-0.25, -0.2) is 0 Å². The van der Waals surface area contributed by atoms with Crippen LogP contribution < -0.4 is 4.31 Å². The molecule has 0 spiro atoms. The lowest BCUT2D eigenvalue weighted by atomic mass is 9.81. The molecule has 2 heterocycles. The summed E-state index contributed by atoms with van der Waals surface area (Å²) in [5, 5.41) is 18.2. The van der Waals surface area contributed by atoms with Crippen molar-refractivity contribution in [1.29, 1.82) is 0 Å². The number of carboxylic acids is 1. The van der Waals surface area contributed by atoms with Gasteiger partial charge in [-0.2, -0.15) is 0 Å². The molecule has 0 saturated carbocycles. The van der Waals surface area contributed by atoms with Gasteiger partial charge in [0.05, 0.1) is 24.3 Å². The SMILES string of the molecule is CC(C)(C)O.CSN1Cc2cnccc2-c2c(C)c(-c3ccc(C)cc3)c(CC(=O)O)c(C)c21. The molecule has 34 heavy (non-hydrogen) atoms. The van der Waals surface area contributed by atoms with Gasteiger partial charge in [0, 0.05) is 24.2 Å². The first-order valence-electron chi connectivity index (χ1n) is 11.3. The van der Waals surface area contributed by atoms with Crippen molar-refractivity contribution in [3.63, 3.8) is 0 Å². The smallest absolute Gasteiger partial charge is 0.307 e. The third-order valence-electron chi connectivity index (χ3n) is 5.72. The third kappa shape index (κ3) is 5.62. The molecule has 0 saturated heterocycles. The molecular formula is C28H34N2O3S. The molecular weight excluding hydrogens is 444 g/mol. The van der Waals surface area contributed by atoms with Gasteiger partial charge in [-0.3, -0.25) is 9.78 Å². The summed E-state index contributed by atoms with van der Waals surface area (Å²) in [6, 6.07) is 10.4. The molecule has 0 radical (unpaired) electrons. The quantitative estimate of drug-likeness (QED) is 0.426. The Balaban J connectivity index is 0.000000588. The Labute approximate surface area is 207 Å². The molecule has 1 aromatic heterocycles. The summed E-state index contributed by atoms with van der Waals surface area (Å²) in [6.07, 6.45) is 5.84. The lowest BCUT2D eigenvalue weighted by Crippen LogP contribution is -2.22. The van der Waals surface area contributed by atoms with Gasteiger partial charge in [0.15, 0.2) is 0 Å². The normalized spacial score (nSPS) is 12.4. The van der Waals surface area contributed by atoms with E-state index >= 15 is 0 Å². The summed E-state index contributed by atoms with van der Waals surface area (Å²) < 4.78 is 2.26. The van der Waals surface area contributed by atoms with Gasteiger partial charge >= 0.3 is 5.97 Å². The van der Waals surface area contributed by atoms with Gasteiger partial charge in [-0.1, -0.05) is 41.8 Å². The number of aryl methyl sites for hydroxylation is 1. The molecule has 0 fully saturated rings. The molecule has 0 bridgehead atoms. The zero-order chi connectivity index (χ0) is 25.2. The number of anilines is 1. The highest BCUT2D eigenvalue weighted by Gasteiger charge is 2.30. The molecule has 5 nitrogen and oxygen atoms in total. The number of aliphatic hydroxyl groups is 1. The van der Waals surface area contributed by atoms with Crippen LogP contribution in [0.1, 0.15) is 48.6 Å². The molecule has 6 heteroatoms. The molecule has 0 unspecified atom stereocenters. The van der Waals surface area contributed by atoms with Crippen LogP contribution in [-0.2, 0) is 17.8 Å². The van der Waals surface area contributed by atoms with Crippen LogP contribution in [0.5, 0.6) is 0 Å². The minimum Gasteiger partial charge on any atom is -0.481 e. The predicted molar refractivity (Wildman–Crippen MR) is 142 cm³/mol. The summed E-state index contributed by atoms with van der Waals surface area (Å²) in [7, 11) is 0. The summed E-state index contributed by atoms with van der Waals surface area (Å²) in [5.41, 5.74) is 10.5. The topological polar surface area (TPSA) is 73.7 Å². The van der Waals surface area contributed by atoms with Gasteiger partial charge < -0.3 is 14.5 Å². The summed E-state index contributed by atoms with van der Waals surface area (Å²) in [6.45, 7) is 12.2. The van der Waals surface area contributed by atoms with Crippen molar-refractivity contribution in [3.8, 4) is 22.3 Å². The van der Waals surface area contributed by atoms with E-state index in [2.05, 4.69) is 66.6 Å². The second-order valence-corrected chi connectivity index (χ2v) is 10.5. The Hall–Kier alpha value is -2.83. The number of carbonyl (C=O) groups is 1. The second kappa shape index (κ2) is 10.2. The molecule has 1 aliphatic rings. The Bertz CT molecular complexity index is 1190. The molecule has 4 rings (SSSR count). The van der Waals surface area contributed by atoms with Crippen molar-refractivity contribution >= 4 is 23.6 Å². The van der Waals surface area contributed by atoms with E-state index in [1.165, 1.54) is 22.3 Å². The van der Waals surface area contributed by atoms with E-state index < -0.39 is 11.6 Å². The first-order valence-corrected chi connectivity index (χ1v) is 12.5. The standard InChI is InChI=1S/C24H24N2O2S.C4H10O/c1-14-5-7-17(8-6-14)22-16(3)23-19-9-10-25-12-18(19)13-26(29-4)24(23)15(2)20(22)11-21(27)28;1-4(2,3)5/h5-10,12H,11,13H2,1-4H3,(H,27,28);5H,1-3H3. The maximum Gasteiger partial charge on any atom is 0.307 e. The third-order valence-corrected chi connectivity index (χ3v) is 6.47. The highest BCUT2D eigenvalue weighted by atomic mass is 32.2. The Kier molecular flexibility index (Phi) is 7.74. The van der Waals surface area contributed by atoms with Crippen molar-refractivity contribution in [2.24, 2.45) is 0 Å². The maximum absolute atomic E-state index is 11.8. The van der Waals surface area contributed by atoms with Crippen LogP contribution in [0.15, 0.2) is 42.7 Å². The van der Waals surface area contributed by atoms with E-state index in [1.807, 2.05) is 12.4 Å². The fraction of sp³-hybridized carbons (Fsp3) is 0.357. The number of rotatable bonds is 4. The Morgan fingerprint density at radius 1 is 1.06 bits per heavy atom. The van der Waals surface area contributed by atoms with Crippen LogP contribution in [-0.4, -0.2) is 33.0 Å². The number of pyridine rings is 1. The van der Waals surface area contributed by atoms with E-state index in [0.717, 1.165) is 40.0 Å². The minimum absolute atomic E-state index is 0.00852. The number of hydrogen-bond donors (Lipinski definition) is 2. The number of fused-ring (bicyclic) bond motifs is 3. The van der Waals surface area contributed by atoms with Crippen molar-refractivity contribution in [1.82, 2.24) is 4.98 Å². The maximum atomic E-state index is 11.8. The largest absolute Gasteiger partial charge is 0.481 e. The molecule has 3 aromatic rings. The van der Waals surface area contributed by atoms with Crippen LogP contribution in [0.25, 0.3) is 22.3 Å². The van der Waals surface area contributed by atoms with Crippen molar-refractivity contribution in [2.75, 3.05) is 10.6 Å². The van der Waals surface area contributed by atoms with Gasteiger partial charge in [0.25, 0.3) is 0 Å². The monoisotopic (exact) mass is 478 g/mol. The number of nitrogens with zero attached hydrogens (tertiary/aromatic N) is 2. The van der Waals surface area contributed by atoms with Gasteiger partial charge in [-0.15, -0.1) is 0 Å². The summed E-state index contributed by atoms with van der Waals surface area (Å²) in [4.78, 5) is 16.1. The average molecular weight is 479 g/mol. The number of carboxylic acid groups (broad SMARTS) is 1. The first kappa shape index (κ1) is 25.8. The second-order valence-electron chi connectivity index (χ2n) is 9.69. The number of hydrogen-bond acceptors (Lipinski definition) is 5. The molecule has 0 aliphatic carbocycles. The van der Waals surface area contributed by atoms with Crippen LogP contribution in [0.3, 0.4) is 0 Å². The van der Waals surface area contributed by atoms with Crippen molar-refractivity contribution < 1.29 is 15.0 Å². The predicted octanol–water partition coefficient (Wildman–Crippen LogP) is 6.34. The van der Waals surface area contributed by atoms with Gasteiger partial charge in [0.1, 0.15) is 0 Å². The lowest BCUT2D eigenvalue weighted by Gasteiger charge is -2.35. The minimum atomic E-state index is -0.808. The molecule has 2 N–H and O–H groups in total. The van der Waals surface area contributed by atoms with E-state index in [4.69, 9.17) is 5.11 Å². The molecule has 1 aliphatic heterocycles. The van der Waals surface area contributed by atoms with Crippen molar-refractivity contribution in [3.05, 3.63) is 70.5 Å². The van der Waals surface area contributed by atoms with Crippen LogP contribution in [0.2, 0.25) is 0 Å². The fourth-order valence-corrected chi connectivity index (χ4v) is 5.04. The highest BCUT2D eigenvalue weighted by molar-refractivity contribution is 7.99.